The van der Waals surface area contributed by atoms with Crippen LogP contribution >= 0.6 is 0 Å². The second kappa shape index (κ2) is 4.94. The summed E-state index contributed by atoms with van der Waals surface area (Å²) in [5, 5.41) is 0.999. The quantitative estimate of drug-likeness (QED) is 0.791. The summed E-state index contributed by atoms with van der Waals surface area (Å²) in [5.74, 6) is 1.50. The van der Waals surface area contributed by atoms with Crippen LogP contribution in [0.3, 0.4) is 0 Å². The SMILES string of the molecule is COc1ccc2oc(C(N)c3cnccn3)c(C)c2c1. The summed E-state index contributed by atoms with van der Waals surface area (Å²) >= 11 is 0. The summed E-state index contributed by atoms with van der Waals surface area (Å²) in [5.41, 5.74) is 8.69. The Bertz CT molecular complexity index is 737. The average molecular weight is 269 g/mol. The number of hydrogen-bond acceptors (Lipinski definition) is 5. The van der Waals surface area contributed by atoms with E-state index >= 15 is 0 Å². The molecule has 2 aromatic heterocycles. The molecule has 0 spiro atoms. The fourth-order valence-electron chi connectivity index (χ4n) is 2.25. The van der Waals surface area contributed by atoms with Crippen LogP contribution in [0.2, 0.25) is 0 Å². The molecule has 0 saturated heterocycles. The maximum absolute atomic E-state index is 6.22. The van der Waals surface area contributed by atoms with Crippen LogP contribution in [0.1, 0.15) is 23.1 Å². The van der Waals surface area contributed by atoms with E-state index in [1.807, 2.05) is 25.1 Å². The van der Waals surface area contributed by atoms with Gasteiger partial charge in [-0.25, -0.2) is 0 Å². The number of nitrogens with two attached hydrogens (primary N) is 1. The second-order valence-electron chi connectivity index (χ2n) is 4.56. The molecule has 3 aromatic rings. The minimum atomic E-state index is -0.429. The molecule has 0 amide bonds. The number of hydrogen-bond donors (Lipinski definition) is 1. The molecule has 0 saturated carbocycles. The molecule has 3 rings (SSSR count). The van der Waals surface area contributed by atoms with Crippen LogP contribution in [0.4, 0.5) is 0 Å². The van der Waals surface area contributed by atoms with Crippen molar-refractivity contribution >= 4 is 11.0 Å². The van der Waals surface area contributed by atoms with Crippen LogP contribution in [0.15, 0.2) is 41.2 Å². The fraction of sp³-hybridized carbons (Fsp3) is 0.200. The Labute approximate surface area is 116 Å². The van der Waals surface area contributed by atoms with Crippen molar-refractivity contribution in [2.75, 3.05) is 7.11 Å². The second-order valence-corrected chi connectivity index (χ2v) is 4.56. The lowest BCUT2D eigenvalue weighted by atomic mass is 10.1. The Balaban J connectivity index is 2.10. The van der Waals surface area contributed by atoms with Crippen molar-refractivity contribution in [3.63, 3.8) is 0 Å². The van der Waals surface area contributed by atoms with Crippen LogP contribution in [-0.2, 0) is 0 Å². The Morgan fingerprint density at radius 2 is 2.15 bits per heavy atom. The lowest BCUT2D eigenvalue weighted by Crippen LogP contribution is -2.13. The molecule has 0 aliphatic carbocycles. The van der Waals surface area contributed by atoms with Crippen molar-refractivity contribution < 1.29 is 9.15 Å². The number of aryl methyl sites for hydroxylation is 1. The molecular formula is C15H15N3O2. The van der Waals surface area contributed by atoms with Crippen LogP contribution in [0, 0.1) is 6.92 Å². The van der Waals surface area contributed by atoms with Gasteiger partial charge < -0.3 is 14.9 Å². The Morgan fingerprint density at radius 1 is 1.30 bits per heavy atom. The molecule has 0 fully saturated rings. The zero-order valence-electron chi connectivity index (χ0n) is 11.3. The summed E-state index contributed by atoms with van der Waals surface area (Å²) in [6.07, 6.45) is 4.89. The lowest BCUT2D eigenvalue weighted by Gasteiger charge is -2.08. The smallest absolute Gasteiger partial charge is 0.134 e. The first kappa shape index (κ1) is 12.6. The molecular weight excluding hydrogens is 254 g/mol. The number of benzene rings is 1. The number of nitrogens with zero attached hydrogens (tertiary/aromatic N) is 2. The first-order valence-corrected chi connectivity index (χ1v) is 6.29. The summed E-state index contributed by atoms with van der Waals surface area (Å²) in [7, 11) is 1.64. The van der Waals surface area contributed by atoms with Gasteiger partial charge in [-0.3, -0.25) is 9.97 Å². The fourth-order valence-corrected chi connectivity index (χ4v) is 2.25. The van der Waals surface area contributed by atoms with Crippen molar-refractivity contribution in [1.29, 1.82) is 0 Å². The molecule has 0 radical (unpaired) electrons. The summed E-state index contributed by atoms with van der Waals surface area (Å²) < 4.78 is 11.1. The van der Waals surface area contributed by atoms with E-state index in [4.69, 9.17) is 14.9 Å². The van der Waals surface area contributed by atoms with E-state index in [-0.39, 0.29) is 0 Å². The highest BCUT2D eigenvalue weighted by Crippen LogP contribution is 2.32. The van der Waals surface area contributed by atoms with E-state index in [0.29, 0.717) is 11.5 Å². The minimum absolute atomic E-state index is 0.429. The number of ether oxygens (including phenoxy) is 1. The third-order valence-electron chi connectivity index (χ3n) is 3.36. The number of methoxy groups -OCH3 is 1. The molecule has 1 aromatic carbocycles. The van der Waals surface area contributed by atoms with Crippen LogP contribution in [0.5, 0.6) is 5.75 Å². The van der Waals surface area contributed by atoms with Crippen molar-refractivity contribution in [3.8, 4) is 5.75 Å². The zero-order valence-corrected chi connectivity index (χ0v) is 11.3. The van der Waals surface area contributed by atoms with E-state index in [1.54, 1.807) is 25.7 Å². The summed E-state index contributed by atoms with van der Waals surface area (Å²) in [6, 6.07) is 5.26. The van der Waals surface area contributed by atoms with E-state index in [9.17, 15) is 0 Å². The molecule has 0 aliphatic heterocycles. The highest BCUT2D eigenvalue weighted by atomic mass is 16.5. The van der Waals surface area contributed by atoms with Gasteiger partial charge >= 0.3 is 0 Å². The van der Waals surface area contributed by atoms with Crippen LogP contribution in [-0.4, -0.2) is 17.1 Å². The van der Waals surface area contributed by atoms with Gasteiger partial charge in [0.1, 0.15) is 23.1 Å². The maximum atomic E-state index is 6.22. The average Bonchev–Trinajstić information content (AvgIpc) is 2.84. The van der Waals surface area contributed by atoms with Gasteiger partial charge in [0.15, 0.2) is 0 Å². The molecule has 1 unspecified atom stereocenters. The molecule has 0 aliphatic rings. The van der Waals surface area contributed by atoms with Gasteiger partial charge in [0.25, 0.3) is 0 Å². The van der Waals surface area contributed by atoms with E-state index in [2.05, 4.69) is 9.97 Å². The third-order valence-corrected chi connectivity index (χ3v) is 3.36. The highest BCUT2D eigenvalue weighted by molar-refractivity contribution is 5.83. The molecule has 2 heterocycles. The van der Waals surface area contributed by atoms with Gasteiger partial charge in [-0.15, -0.1) is 0 Å². The summed E-state index contributed by atoms with van der Waals surface area (Å²) in [4.78, 5) is 8.27. The molecule has 1 atom stereocenters. The predicted molar refractivity (Wildman–Crippen MR) is 75.6 cm³/mol. The Morgan fingerprint density at radius 3 is 2.85 bits per heavy atom. The molecule has 0 bridgehead atoms. The first-order valence-electron chi connectivity index (χ1n) is 6.29. The lowest BCUT2D eigenvalue weighted by molar-refractivity contribution is 0.415. The first-order chi connectivity index (χ1) is 9.70. The minimum Gasteiger partial charge on any atom is -0.497 e. The van der Waals surface area contributed by atoms with Crippen molar-refractivity contribution in [3.05, 3.63) is 53.8 Å². The van der Waals surface area contributed by atoms with Crippen LogP contribution < -0.4 is 10.5 Å². The number of rotatable bonds is 3. The van der Waals surface area contributed by atoms with E-state index in [1.165, 1.54) is 0 Å². The van der Waals surface area contributed by atoms with Gasteiger partial charge in [-0.1, -0.05) is 0 Å². The number of aromatic nitrogens is 2. The van der Waals surface area contributed by atoms with Gasteiger partial charge in [0.2, 0.25) is 0 Å². The molecule has 102 valence electrons. The largest absolute Gasteiger partial charge is 0.497 e. The Hall–Kier alpha value is -2.40. The Kier molecular flexibility index (Phi) is 3.12. The third kappa shape index (κ3) is 2.02. The van der Waals surface area contributed by atoms with Gasteiger partial charge in [-0.2, -0.15) is 0 Å². The predicted octanol–water partition coefficient (Wildman–Crippen LogP) is 2.59. The van der Waals surface area contributed by atoms with Crippen LogP contribution in [0.25, 0.3) is 11.0 Å². The summed E-state index contributed by atoms with van der Waals surface area (Å²) in [6.45, 7) is 1.98. The normalized spacial score (nSPS) is 12.6. The molecule has 5 heteroatoms. The maximum Gasteiger partial charge on any atom is 0.134 e. The molecule has 20 heavy (non-hydrogen) atoms. The zero-order chi connectivity index (χ0) is 14.1. The van der Waals surface area contributed by atoms with E-state index < -0.39 is 6.04 Å². The number of furan rings is 1. The van der Waals surface area contributed by atoms with Crippen molar-refractivity contribution in [1.82, 2.24) is 9.97 Å². The van der Waals surface area contributed by atoms with Crippen molar-refractivity contribution in [2.24, 2.45) is 5.73 Å². The molecule has 2 N–H and O–H groups in total. The monoisotopic (exact) mass is 269 g/mol. The molecule has 5 nitrogen and oxygen atoms in total. The standard InChI is InChI=1S/C15H15N3O2/c1-9-11-7-10(19-2)3-4-13(11)20-15(9)14(16)12-8-17-5-6-18-12/h3-8,14H,16H2,1-2H3. The highest BCUT2D eigenvalue weighted by Gasteiger charge is 2.20. The number of fused-ring (bicyclic) bond motifs is 1. The van der Waals surface area contributed by atoms with Crippen molar-refractivity contribution in [2.45, 2.75) is 13.0 Å². The van der Waals surface area contributed by atoms with E-state index in [0.717, 1.165) is 22.3 Å². The van der Waals surface area contributed by atoms with Gasteiger partial charge in [0.05, 0.1) is 19.0 Å². The van der Waals surface area contributed by atoms with Gasteiger partial charge in [-0.05, 0) is 25.1 Å². The van der Waals surface area contributed by atoms with Gasteiger partial charge in [0, 0.05) is 23.3 Å². The topological polar surface area (TPSA) is 74.2 Å².